The van der Waals surface area contributed by atoms with Gasteiger partial charge in [0.2, 0.25) is 6.79 Å². The number of aromatic nitrogens is 3. The second kappa shape index (κ2) is 7.38. The molecule has 3 aromatic rings. The number of alkyl halides is 3. The van der Waals surface area contributed by atoms with Crippen molar-refractivity contribution >= 4 is 22.4 Å². The van der Waals surface area contributed by atoms with Crippen molar-refractivity contribution in [3.63, 3.8) is 0 Å². The number of nitrogens with two attached hydrogens (primary N) is 1. The minimum atomic E-state index is -5.08. The van der Waals surface area contributed by atoms with E-state index < -0.39 is 12.1 Å². The van der Waals surface area contributed by atoms with Crippen molar-refractivity contribution in [2.45, 2.75) is 13.1 Å². The quantitative estimate of drug-likeness (QED) is 0.662. The maximum atomic E-state index is 10.6. The number of carboxylic acids is 1. The van der Waals surface area contributed by atoms with E-state index in [9.17, 15) is 13.2 Å². The Morgan fingerprint density at radius 3 is 2.57 bits per heavy atom. The average Bonchev–Trinajstić information content (AvgIpc) is 3.33. The summed E-state index contributed by atoms with van der Waals surface area (Å²) < 4.78 is 44.2. The molecule has 0 atom stereocenters. The highest BCUT2D eigenvalue weighted by Crippen LogP contribution is 2.34. The van der Waals surface area contributed by atoms with E-state index >= 15 is 0 Å². The van der Waals surface area contributed by atoms with E-state index in [2.05, 4.69) is 10.1 Å². The number of hydrogen-bond donors (Lipinski definition) is 2. The number of anilines is 1. The van der Waals surface area contributed by atoms with Gasteiger partial charge in [0.05, 0.1) is 16.3 Å². The number of ether oxygens (including phenoxy) is 2. The fourth-order valence-corrected chi connectivity index (χ4v) is 3.07. The fraction of sp³-hybridized carbons (Fsp3) is 0.188. The van der Waals surface area contributed by atoms with Gasteiger partial charge in [-0.05, 0) is 25.1 Å². The lowest BCUT2D eigenvalue weighted by molar-refractivity contribution is -0.192. The Morgan fingerprint density at radius 2 is 1.96 bits per heavy atom. The minimum Gasteiger partial charge on any atom is -0.475 e. The van der Waals surface area contributed by atoms with E-state index in [1.165, 1.54) is 11.3 Å². The van der Waals surface area contributed by atoms with Crippen LogP contribution in [0, 0.1) is 6.92 Å². The van der Waals surface area contributed by atoms with Crippen molar-refractivity contribution in [3.05, 3.63) is 36.2 Å². The Kier molecular flexibility index (Phi) is 5.14. The molecule has 0 unspecified atom stereocenters. The smallest absolute Gasteiger partial charge is 0.475 e. The van der Waals surface area contributed by atoms with Crippen LogP contribution in [0.25, 0.3) is 16.3 Å². The summed E-state index contributed by atoms with van der Waals surface area (Å²) in [4.78, 5) is 14.1. The van der Waals surface area contributed by atoms with Crippen LogP contribution in [0.3, 0.4) is 0 Å². The number of hydrogen-bond acceptors (Lipinski definition) is 7. The lowest BCUT2D eigenvalue weighted by atomic mass is 10.3. The Bertz CT molecular complexity index is 1020. The highest BCUT2D eigenvalue weighted by atomic mass is 32.1. The van der Waals surface area contributed by atoms with Crippen LogP contribution in [0.2, 0.25) is 0 Å². The zero-order valence-corrected chi connectivity index (χ0v) is 15.0. The van der Waals surface area contributed by atoms with Gasteiger partial charge in [0.15, 0.2) is 16.6 Å². The van der Waals surface area contributed by atoms with Crippen molar-refractivity contribution in [3.8, 4) is 27.8 Å². The number of aliphatic carboxylic acids is 1. The summed E-state index contributed by atoms with van der Waals surface area (Å²) in [6, 6.07) is 7.69. The number of halogens is 3. The van der Waals surface area contributed by atoms with E-state index in [0.29, 0.717) is 5.13 Å². The van der Waals surface area contributed by atoms with Gasteiger partial charge in [-0.3, -0.25) is 0 Å². The number of nitrogens with zero attached hydrogens (tertiary/aromatic N) is 3. The minimum absolute atomic E-state index is 0.266. The first-order valence-electron chi connectivity index (χ1n) is 7.64. The van der Waals surface area contributed by atoms with Gasteiger partial charge in [-0.15, -0.1) is 0 Å². The van der Waals surface area contributed by atoms with Crippen LogP contribution in [0.4, 0.5) is 18.3 Å². The van der Waals surface area contributed by atoms with Crippen LogP contribution in [0.5, 0.6) is 11.5 Å². The Balaban J connectivity index is 0.000000279. The van der Waals surface area contributed by atoms with Gasteiger partial charge in [0.25, 0.3) is 0 Å². The number of rotatable bonds is 2. The number of thiazole rings is 1. The van der Waals surface area contributed by atoms with Gasteiger partial charge in [0.1, 0.15) is 5.69 Å². The summed E-state index contributed by atoms with van der Waals surface area (Å²) in [5.41, 5.74) is 8.41. The van der Waals surface area contributed by atoms with Gasteiger partial charge in [0, 0.05) is 12.3 Å². The predicted octanol–water partition coefficient (Wildman–Crippen LogP) is 3.25. The van der Waals surface area contributed by atoms with Gasteiger partial charge in [-0.25, -0.2) is 14.5 Å². The van der Waals surface area contributed by atoms with Crippen LogP contribution in [0.15, 0.2) is 30.5 Å². The standard InChI is InChI=1S/C14H12N4O2S.C2HF3O2/c1-8-13(21-14(15)16-8)10-4-5-18(17-10)9-2-3-11-12(6-9)20-7-19-11;3-2(4,5)1(6)7/h2-6H,7H2,1H3,(H2,15,16);(H,6,7). The molecule has 8 nitrogen and oxygen atoms in total. The molecule has 2 aromatic heterocycles. The summed E-state index contributed by atoms with van der Waals surface area (Å²) in [6.07, 6.45) is -3.18. The summed E-state index contributed by atoms with van der Waals surface area (Å²) in [5.74, 6) is -1.26. The molecule has 0 aliphatic carbocycles. The number of carbonyl (C=O) groups is 1. The highest BCUT2D eigenvalue weighted by Gasteiger charge is 2.38. The topological polar surface area (TPSA) is 112 Å². The van der Waals surface area contributed by atoms with Crippen LogP contribution in [-0.2, 0) is 4.79 Å². The SMILES string of the molecule is Cc1nc(N)sc1-c1ccn(-c2ccc3c(c2)OCO3)n1.O=C(O)C(F)(F)F. The Morgan fingerprint density at radius 1 is 1.29 bits per heavy atom. The number of fused-ring (bicyclic) bond motifs is 1. The maximum absolute atomic E-state index is 10.6. The Hall–Kier alpha value is -3.28. The van der Waals surface area contributed by atoms with Crippen LogP contribution in [-0.4, -0.2) is 38.8 Å². The van der Waals surface area contributed by atoms with E-state index in [4.69, 9.17) is 25.1 Å². The van der Waals surface area contributed by atoms with Gasteiger partial charge < -0.3 is 20.3 Å². The molecular formula is C16H13F3N4O4S. The molecule has 3 heterocycles. The predicted molar refractivity (Wildman–Crippen MR) is 93.6 cm³/mol. The normalized spacial score (nSPS) is 12.4. The molecule has 148 valence electrons. The average molecular weight is 414 g/mol. The molecule has 0 amide bonds. The summed E-state index contributed by atoms with van der Waals surface area (Å²) in [5, 5.41) is 12.3. The molecule has 28 heavy (non-hydrogen) atoms. The molecule has 1 aliphatic heterocycles. The Labute approximate surface area is 159 Å². The van der Waals surface area contributed by atoms with E-state index in [-0.39, 0.29) is 6.79 Å². The van der Waals surface area contributed by atoms with Gasteiger partial charge in [-0.2, -0.15) is 18.3 Å². The van der Waals surface area contributed by atoms with Crippen molar-refractivity contribution < 1.29 is 32.5 Å². The molecule has 0 spiro atoms. The van der Waals surface area contributed by atoms with Crippen molar-refractivity contribution in [2.75, 3.05) is 12.5 Å². The summed E-state index contributed by atoms with van der Waals surface area (Å²) in [7, 11) is 0. The van der Waals surface area contributed by atoms with E-state index in [1.807, 2.05) is 37.4 Å². The van der Waals surface area contributed by atoms with Gasteiger partial charge >= 0.3 is 12.1 Å². The molecule has 3 N–H and O–H groups in total. The molecule has 12 heteroatoms. The van der Waals surface area contributed by atoms with Crippen molar-refractivity contribution in [2.24, 2.45) is 0 Å². The number of aryl methyl sites for hydroxylation is 1. The molecule has 4 rings (SSSR count). The summed E-state index contributed by atoms with van der Waals surface area (Å²) >= 11 is 1.44. The molecule has 0 fully saturated rings. The first-order chi connectivity index (χ1) is 13.1. The van der Waals surface area contributed by atoms with Crippen molar-refractivity contribution in [1.29, 1.82) is 0 Å². The van der Waals surface area contributed by atoms with Crippen molar-refractivity contribution in [1.82, 2.24) is 14.8 Å². The molecule has 1 aliphatic rings. The van der Waals surface area contributed by atoms with Crippen LogP contribution in [0.1, 0.15) is 5.69 Å². The molecule has 1 aromatic carbocycles. The lowest BCUT2D eigenvalue weighted by Crippen LogP contribution is -2.21. The third kappa shape index (κ3) is 4.17. The second-order valence-corrected chi connectivity index (χ2v) is 6.48. The van der Waals surface area contributed by atoms with Crippen LogP contribution < -0.4 is 15.2 Å². The third-order valence-electron chi connectivity index (χ3n) is 3.50. The lowest BCUT2D eigenvalue weighted by Gasteiger charge is -2.02. The second-order valence-electron chi connectivity index (χ2n) is 5.45. The largest absolute Gasteiger partial charge is 0.490 e. The number of carboxylic acid groups (broad SMARTS) is 1. The zero-order chi connectivity index (χ0) is 20.5. The molecular weight excluding hydrogens is 401 g/mol. The van der Waals surface area contributed by atoms with E-state index in [1.54, 1.807) is 4.68 Å². The monoisotopic (exact) mass is 414 g/mol. The van der Waals surface area contributed by atoms with Gasteiger partial charge in [-0.1, -0.05) is 11.3 Å². The molecule has 0 saturated heterocycles. The highest BCUT2D eigenvalue weighted by molar-refractivity contribution is 7.18. The zero-order valence-electron chi connectivity index (χ0n) is 14.2. The number of nitrogen functional groups attached to an aromatic ring is 1. The molecule has 0 bridgehead atoms. The number of benzene rings is 1. The first kappa shape index (κ1) is 19.5. The van der Waals surface area contributed by atoms with Crippen LogP contribution >= 0.6 is 11.3 Å². The first-order valence-corrected chi connectivity index (χ1v) is 8.46. The third-order valence-corrected chi connectivity index (χ3v) is 4.51. The molecule has 0 saturated carbocycles. The van der Waals surface area contributed by atoms with E-state index in [0.717, 1.165) is 33.5 Å². The fourth-order valence-electron chi connectivity index (χ4n) is 2.27. The summed E-state index contributed by atoms with van der Waals surface area (Å²) in [6.45, 7) is 2.20. The molecule has 0 radical (unpaired) electrons. The maximum Gasteiger partial charge on any atom is 0.490 e.